The van der Waals surface area contributed by atoms with E-state index < -0.39 is 0 Å². The normalized spacial score (nSPS) is 34.1. The lowest BCUT2D eigenvalue weighted by molar-refractivity contribution is -0.124. The van der Waals surface area contributed by atoms with E-state index in [9.17, 15) is 9.59 Å². The largest absolute Gasteiger partial charge is 0.292 e. The minimum atomic E-state index is -0.158. The smallest absolute Gasteiger partial charge is 0.254 e. The molecule has 1 aliphatic carbocycles. The van der Waals surface area contributed by atoms with E-state index in [0.717, 1.165) is 24.8 Å². The number of amides is 2. The molecule has 2 amide bonds. The van der Waals surface area contributed by atoms with Crippen LogP contribution in [0.5, 0.6) is 0 Å². The second-order valence-electron chi connectivity index (χ2n) is 3.98. The van der Waals surface area contributed by atoms with Gasteiger partial charge in [0.05, 0.1) is 6.42 Å². The highest BCUT2D eigenvalue weighted by atomic mass is 16.2. The quantitative estimate of drug-likeness (QED) is 0.448. The zero-order valence-corrected chi connectivity index (χ0v) is 7.72. The van der Waals surface area contributed by atoms with Crippen molar-refractivity contribution in [2.75, 3.05) is 0 Å². The summed E-state index contributed by atoms with van der Waals surface area (Å²) < 4.78 is 0. The molecule has 2 rings (SSSR count). The summed E-state index contributed by atoms with van der Waals surface area (Å²) in [6.45, 7) is 2.18. The molecular formula is C10H13NO2. The molecule has 1 atom stereocenters. The van der Waals surface area contributed by atoms with E-state index in [1.54, 1.807) is 0 Å². The molecule has 1 saturated heterocycles. The van der Waals surface area contributed by atoms with E-state index in [1.807, 2.05) is 0 Å². The average molecular weight is 179 g/mol. The van der Waals surface area contributed by atoms with Gasteiger partial charge < -0.3 is 0 Å². The lowest BCUT2D eigenvalue weighted by atomic mass is 10.0. The number of nitrogens with one attached hydrogen (secondary N) is 1. The first-order valence-corrected chi connectivity index (χ1v) is 4.72. The molecule has 1 heterocycles. The van der Waals surface area contributed by atoms with Crippen LogP contribution in [0, 0.1) is 5.92 Å². The maximum Gasteiger partial charge on any atom is 0.254 e. The molecule has 0 aromatic heterocycles. The van der Waals surface area contributed by atoms with Gasteiger partial charge in [0.25, 0.3) is 5.91 Å². The zero-order valence-electron chi connectivity index (χ0n) is 7.72. The highest BCUT2D eigenvalue weighted by molar-refractivity contribution is 6.13. The van der Waals surface area contributed by atoms with Gasteiger partial charge in [0.2, 0.25) is 5.91 Å². The van der Waals surface area contributed by atoms with Gasteiger partial charge in [-0.1, -0.05) is 12.5 Å². The Bertz CT molecular complexity index is 304. The molecular weight excluding hydrogens is 166 g/mol. The Balaban J connectivity index is 2.24. The number of hydrogen-bond acceptors (Lipinski definition) is 2. The summed E-state index contributed by atoms with van der Waals surface area (Å²) in [5.74, 6) is 0.368. The summed E-state index contributed by atoms with van der Waals surface area (Å²) in [4.78, 5) is 22.2. The number of carbonyl (C=O) groups excluding carboxylic acids is 2. The summed E-state index contributed by atoms with van der Waals surface area (Å²) in [6.07, 6.45) is 3.45. The second-order valence-corrected chi connectivity index (χ2v) is 3.98. The minimum absolute atomic E-state index is 0.146. The molecule has 1 aliphatic heterocycles. The van der Waals surface area contributed by atoms with E-state index in [2.05, 4.69) is 12.2 Å². The molecule has 1 saturated carbocycles. The Hall–Kier alpha value is -1.12. The summed E-state index contributed by atoms with van der Waals surface area (Å²) in [6, 6.07) is 0. The van der Waals surface area contributed by atoms with Gasteiger partial charge in [0, 0.05) is 5.57 Å². The van der Waals surface area contributed by atoms with Gasteiger partial charge >= 0.3 is 0 Å². The number of carbonyl (C=O) groups is 2. The van der Waals surface area contributed by atoms with Crippen LogP contribution in [0.4, 0.5) is 0 Å². The monoisotopic (exact) mass is 179 g/mol. The van der Waals surface area contributed by atoms with Gasteiger partial charge in [-0.2, -0.15) is 0 Å². The Kier molecular flexibility index (Phi) is 1.94. The maximum atomic E-state index is 11.3. The van der Waals surface area contributed by atoms with Crippen molar-refractivity contribution in [3.05, 3.63) is 11.1 Å². The predicted molar refractivity (Wildman–Crippen MR) is 47.8 cm³/mol. The highest BCUT2D eigenvalue weighted by Crippen LogP contribution is 2.33. The Morgan fingerprint density at radius 3 is 2.62 bits per heavy atom. The first-order chi connectivity index (χ1) is 6.16. The van der Waals surface area contributed by atoms with Crippen LogP contribution in [0.25, 0.3) is 0 Å². The van der Waals surface area contributed by atoms with E-state index in [0.29, 0.717) is 12.3 Å². The molecule has 1 N–H and O–H groups in total. The Morgan fingerprint density at radius 2 is 2.15 bits per heavy atom. The Morgan fingerprint density at radius 1 is 1.38 bits per heavy atom. The molecule has 0 radical (unpaired) electrons. The van der Waals surface area contributed by atoms with Gasteiger partial charge in [0.15, 0.2) is 0 Å². The molecule has 0 bridgehead atoms. The number of imide groups is 1. The molecule has 3 heteroatoms. The van der Waals surface area contributed by atoms with Gasteiger partial charge in [-0.3, -0.25) is 14.9 Å². The summed E-state index contributed by atoms with van der Waals surface area (Å²) in [7, 11) is 0. The predicted octanol–water partition coefficient (Wildman–Crippen LogP) is 1.15. The van der Waals surface area contributed by atoms with Crippen LogP contribution in [0.2, 0.25) is 0 Å². The molecule has 70 valence electrons. The number of rotatable bonds is 0. The van der Waals surface area contributed by atoms with Crippen molar-refractivity contribution >= 4 is 11.8 Å². The molecule has 13 heavy (non-hydrogen) atoms. The van der Waals surface area contributed by atoms with Crippen molar-refractivity contribution in [2.24, 2.45) is 5.92 Å². The third kappa shape index (κ3) is 1.50. The Labute approximate surface area is 77.2 Å². The van der Waals surface area contributed by atoms with E-state index in [4.69, 9.17) is 0 Å². The summed E-state index contributed by atoms with van der Waals surface area (Å²) >= 11 is 0. The molecule has 2 fully saturated rings. The summed E-state index contributed by atoms with van der Waals surface area (Å²) in [5.41, 5.74) is 1.95. The van der Waals surface area contributed by atoms with Crippen LogP contribution < -0.4 is 5.32 Å². The standard InChI is InChI=1S/C10H13NO2/c1-6-2-3-7(4-6)8-5-9(12)11-10(8)13/h6H,2-5H2,1H3,(H,11,12,13)/b8-7+. The molecule has 2 aliphatic rings. The van der Waals surface area contributed by atoms with Crippen LogP contribution in [-0.4, -0.2) is 11.8 Å². The zero-order chi connectivity index (χ0) is 9.42. The van der Waals surface area contributed by atoms with E-state index in [1.165, 1.54) is 5.57 Å². The average Bonchev–Trinajstić information content (AvgIpc) is 2.58. The van der Waals surface area contributed by atoms with Gasteiger partial charge in [-0.15, -0.1) is 0 Å². The van der Waals surface area contributed by atoms with Crippen molar-refractivity contribution in [3.8, 4) is 0 Å². The van der Waals surface area contributed by atoms with Crippen LogP contribution >= 0.6 is 0 Å². The lowest BCUT2D eigenvalue weighted by Crippen LogP contribution is -2.19. The topological polar surface area (TPSA) is 46.2 Å². The van der Waals surface area contributed by atoms with Crippen molar-refractivity contribution in [2.45, 2.75) is 32.6 Å². The van der Waals surface area contributed by atoms with Crippen LogP contribution in [0.15, 0.2) is 11.1 Å². The fourth-order valence-corrected chi connectivity index (χ4v) is 2.09. The third-order valence-electron chi connectivity index (χ3n) is 2.82. The fraction of sp³-hybridized carbons (Fsp3) is 0.600. The number of hydrogen-bond donors (Lipinski definition) is 1. The molecule has 0 aromatic carbocycles. The van der Waals surface area contributed by atoms with Crippen LogP contribution in [0.3, 0.4) is 0 Å². The van der Waals surface area contributed by atoms with Crippen LogP contribution in [0.1, 0.15) is 32.6 Å². The first-order valence-electron chi connectivity index (χ1n) is 4.72. The lowest BCUT2D eigenvalue weighted by Gasteiger charge is -1.99. The highest BCUT2D eigenvalue weighted by Gasteiger charge is 2.29. The van der Waals surface area contributed by atoms with Crippen molar-refractivity contribution < 1.29 is 9.59 Å². The summed E-state index contributed by atoms with van der Waals surface area (Å²) in [5, 5.41) is 2.32. The van der Waals surface area contributed by atoms with Gasteiger partial charge in [-0.05, 0) is 25.2 Å². The number of allylic oxidation sites excluding steroid dienone is 1. The SMILES string of the molecule is CC1CC/C(=C2/CC(=O)NC2=O)C1. The van der Waals surface area contributed by atoms with Gasteiger partial charge in [0.1, 0.15) is 0 Å². The van der Waals surface area contributed by atoms with Crippen molar-refractivity contribution in [1.29, 1.82) is 0 Å². The third-order valence-corrected chi connectivity index (χ3v) is 2.82. The molecule has 1 unspecified atom stereocenters. The molecule has 3 nitrogen and oxygen atoms in total. The van der Waals surface area contributed by atoms with E-state index >= 15 is 0 Å². The molecule has 0 spiro atoms. The van der Waals surface area contributed by atoms with Crippen molar-refractivity contribution in [1.82, 2.24) is 5.32 Å². The van der Waals surface area contributed by atoms with Gasteiger partial charge in [-0.25, -0.2) is 0 Å². The minimum Gasteiger partial charge on any atom is -0.292 e. The van der Waals surface area contributed by atoms with Crippen molar-refractivity contribution in [3.63, 3.8) is 0 Å². The first kappa shape index (κ1) is 8.48. The maximum absolute atomic E-state index is 11.3. The van der Waals surface area contributed by atoms with Crippen LogP contribution in [-0.2, 0) is 9.59 Å². The fourth-order valence-electron chi connectivity index (χ4n) is 2.09. The van der Waals surface area contributed by atoms with E-state index in [-0.39, 0.29) is 11.8 Å². The molecule has 0 aromatic rings. The second kappa shape index (κ2) is 2.98.